The number of esters is 2. The molecule has 0 atom stereocenters. The Labute approximate surface area is 174 Å². The van der Waals surface area contributed by atoms with Gasteiger partial charge in [-0.3, -0.25) is 0 Å². The predicted molar refractivity (Wildman–Crippen MR) is 112 cm³/mol. The Bertz CT molecular complexity index is 895. The summed E-state index contributed by atoms with van der Waals surface area (Å²) in [7, 11) is 4.60. The van der Waals surface area contributed by atoms with E-state index < -0.39 is 11.9 Å². The SMILES string of the molecule is COC(=O)c1cc(Nc2ncnc(NN3CCN(C)CC3)c2N)cc(C(=O)OC)c1. The second kappa shape index (κ2) is 9.37. The van der Waals surface area contributed by atoms with E-state index in [2.05, 4.69) is 32.7 Å². The van der Waals surface area contributed by atoms with Crippen LogP contribution in [0.2, 0.25) is 0 Å². The molecule has 1 aromatic carbocycles. The van der Waals surface area contributed by atoms with Gasteiger partial charge in [0.2, 0.25) is 0 Å². The summed E-state index contributed by atoms with van der Waals surface area (Å²) in [5.74, 6) is -0.373. The number of hydrazine groups is 1. The third kappa shape index (κ3) is 4.93. The maximum Gasteiger partial charge on any atom is 0.337 e. The van der Waals surface area contributed by atoms with Crippen molar-refractivity contribution >= 4 is 34.9 Å². The van der Waals surface area contributed by atoms with Gasteiger partial charge in [0.05, 0.1) is 25.3 Å². The molecule has 1 aliphatic rings. The summed E-state index contributed by atoms with van der Waals surface area (Å²) >= 11 is 0. The summed E-state index contributed by atoms with van der Waals surface area (Å²) in [6.07, 6.45) is 1.38. The third-order valence-corrected chi connectivity index (χ3v) is 4.69. The minimum atomic E-state index is -0.586. The fourth-order valence-electron chi connectivity index (χ4n) is 2.96. The van der Waals surface area contributed by atoms with Gasteiger partial charge in [-0.05, 0) is 25.2 Å². The summed E-state index contributed by atoms with van der Waals surface area (Å²) in [6.45, 7) is 3.51. The molecule has 0 unspecified atom stereocenters. The normalized spacial score (nSPS) is 14.8. The molecule has 0 radical (unpaired) electrons. The molecule has 1 aromatic heterocycles. The maximum absolute atomic E-state index is 12.0. The van der Waals surface area contributed by atoms with Gasteiger partial charge in [-0.2, -0.15) is 0 Å². The number of ether oxygens (including phenoxy) is 2. The molecule has 0 saturated carbocycles. The molecule has 1 saturated heterocycles. The summed E-state index contributed by atoms with van der Waals surface area (Å²) in [5.41, 5.74) is 10.6. The number of nitrogens with zero attached hydrogens (tertiary/aromatic N) is 4. The van der Waals surface area contributed by atoms with Crippen LogP contribution in [-0.4, -0.2) is 79.3 Å². The van der Waals surface area contributed by atoms with E-state index in [0.29, 0.717) is 23.0 Å². The van der Waals surface area contributed by atoms with Gasteiger partial charge in [-0.15, -0.1) is 0 Å². The zero-order valence-corrected chi connectivity index (χ0v) is 17.1. The Morgan fingerprint density at radius 1 is 0.967 bits per heavy atom. The molecule has 4 N–H and O–H groups in total. The minimum Gasteiger partial charge on any atom is -0.465 e. The molecule has 11 nitrogen and oxygen atoms in total. The Morgan fingerprint density at radius 2 is 1.53 bits per heavy atom. The summed E-state index contributed by atoms with van der Waals surface area (Å²) in [5, 5.41) is 5.07. The highest BCUT2D eigenvalue weighted by Gasteiger charge is 2.18. The minimum absolute atomic E-state index is 0.186. The van der Waals surface area contributed by atoms with Gasteiger partial charge in [0.25, 0.3) is 0 Å². The van der Waals surface area contributed by atoms with E-state index in [9.17, 15) is 9.59 Å². The standard InChI is InChI=1S/C19H25N7O4/c1-25-4-6-26(7-5-25)24-17-15(20)16(21-11-22-17)23-14-9-12(18(27)29-2)8-13(10-14)19(28)30-3/h8-11H,4-7,20H2,1-3H3,(H2,21,22,23,24). The molecule has 0 aliphatic carbocycles. The smallest absolute Gasteiger partial charge is 0.337 e. The number of aromatic nitrogens is 2. The van der Waals surface area contributed by atoms with Crippen molar-refractivity contribution in [1.82, 2.24) is 19.9 Å². The number of nitrogen functional groups attached to an aromatic ring is 1. The fourth-order valence-corrected chi connectivity index (χ4v) is 2.96. The number of nitrogens with one attached hydrogen (secondary N) is 2. The second-order valence-electron chi connectivity index (χ2n) is 6.79. The van der Waals surface area contributed by atoms with Crippen molar-refractivity contribution in [1.29, 1.82) is 0 Å². The Kier molecular flexibility index (Phi) is 6.65. The average Bonchev–Trinajstić information content (AvgIpc) is 2.76. The van der Waals surface area contributed by atoms with Gasteiger partial charge in [0.15, 0.2) is 11.6 Å². The van der Waals surface area contributed by atoms with Crippen LogP contribution >= 0.6 is 0 Å². The van der Waals surface area contributed by atoms with Crippen molar-refractivity contribution in [2.75, 3.05) is 63.9 Å². The highest BCUT2D eigenvalue weighted by atomic mass is 16.5. The number of anilines is 4. The van der Waals surface area contributed by atoms with Gasteiger partial charge in [-0.25, -0.2) is 24.6 Å². The molecule has 1 fully saturated rings. The molecule has 1 aliphatic heterocycles. The van der Waals surface area contributed by atoms with Crippen LogP contribution in [-0.2, 0) is 9.47 Å². The number of hydrogen-bond donors (Lipinski definition) is 3. The number of nitrogens with two attached hydrogens (primary N) is 1. The fraction of sp³-hybridized carbons (Fsp3) is 0.368. The largest absolute Gasteiger partial charge is 0.465 e. The van der Waals surface area contributed by atoms with E-state index >= 15 is 0 Å². The van der Waals surface area contributed by atoms with E-state index in [1.807, 2.05) is 5.01 Å². The van der Waals surface area contributed by atoms with Crippen LogP contribution in [0.1, 0.15) is 20.7 Å². The average molecular weight is 415 g/mol. The van der Waals surface area contributed by atoms with Gasteiger partial charge in [0.1, 0.15) is 12.0 Å². The molecule has 2 aromatic rings. The van der Waals surface area contributed by atoms with Crippen molar-refractivity contribution in [2.45, 2.75) is 0 Å². The molecule has 0 spiro atoms. The highest BCUT2D eigenvalue weighted by molar-refractivity contribution is 5.97. The highest BCUT2D eigenvalue weighted by Crippen LogP contribution is 2.27. The summed E-state index contributed by atoms with van der Waals surface area (Å²) in [4.78, 5) is 34.6. The van der Waals surface area contributed by atoms with Gasteiger partial charge in [-0.1, -0.05) is 0 Å². The number of methoxy groups -OCH3 is 2. The zero-order valence-electron chi connectivity index (χ0n) is 17.1. The number of carbonyl (C=O) groups excluding carboxylic acids is 2. The van der Waals surface area contributed by atoms with Crippen LogP contribution in [0.15, 0.2) is 24.5 Å². The van der Waals surface area contributed by atoms with Crippen LogP contribution in [0.5, 0.6) is 0 Å². The number of hydrogen-bond acceptors (Lipinski definition) is 11. The summed E-state index contributed by atoms with van der Waals surface area (Å²) < 4.78 is 9.51. The van der Waals surface area contributed by atoms with E-state index in [1.54, 1.807) is 0 Å². The number of rotatable bonds is 6. The van der Waals surface area contributed by atoms with E-state index in [0.717, 1.165) is 26.2 Å². The molecular formula is C19H25N7O4. The van der Waals surface area contributed by atoms with Crippen LogP contribution < -0.4 is 16.5 Å². The topological polar surface area (TPSA) is 135 Å². The van der Waals surface area contributed by atoms with Crippen molar-refractivity contribution in [2.24, 2.45) is 0 Å². The second-order valence-corrected chi connectivity index (χ2v) is 6.79. The Balaban J connectivity index is 1.85. The summed E-state index contributed by atoms with van der Waals surface area (Å²) in [6, 6.07) is 4.47. The molecule has 30 heavy (non-hydrogen) atoms. The maximum atomic E-state index is 12.0. The lowest BCUT2D eigenvalue weighted by molar-refractivity contribution is 0.0599. The quantitative estimate of drug-likeness (QED) is 0.582. The first kappa shape index (κ1) is 21.3. The lowest BCUT2D eigenvalue weighted by atomic mass is 10.1. The van der Waals surface area contributed by atoms with Gasteiger partial charge < -0.3 is 30.8 Å². The monoisotopic (exact) mass is 415 g/mol. The third-order valence-electron chi connectivity index (χ3n) is 4.69. The van der Waals surface area contributed by atoms with Crippen molar-refractivity contribution in [3.8, 4) is 0 Å². The first-order valence-corrected chi connectivity index (χ1v) is 9.30. The van der Waals surface area contributed by atoms with Gasteiger partial charge >= 0.3 is 11.9 Å². The van der Waals surface area contributed by atoms with E-state index in [4.69, 9.17) is 15.2 Å². The first-order valence-electron chi connectivity index (χ1n) is 9.30. The predicted octanol–water partition coefficient (Wildman–Crippen LogP) is 0.950. The first-order chi connectivity index (χ1) is 14.4. The lowest BCUT2D eigenvalue weighted by Gasteiger charge is -2.32. The van der Waals surface area contributed by atoms with E-state index in [1.165, 1.54) is 38.7 Å². The molecular weight excluding hydrogens is 390 g/mol. The Morgan fingerprint density at radius 3 is 2.10 bits per heavy atom. The van der Waals surface area contributed by atoms with Crippen molar-refractivity contribution < 1.29 is 19.1 Å². The molecule has 3 rings (SSSR count). The molecule has 0 amide bonds. The van der Waals surface area contributed by atoms with Crippen LogP contribution in [0.3, 0.4) is 0 Å². The molecule has 0 bridgehead atoms. The van der Waals surface area contributed by atoms with Crippen LogP contribution in [0, 0.1) is 0 Å². The van der Waals surface area contributed by atoms with Crippen molar-refractivity contribution in [3.05, 3.63) is 35.7 Å². The van der Waals surface area contributed by atoms with Crippen molar-refractivity contribution in [3.63, 3.8) is 0 Å². The number of piperazine rings is 1. The molecule has 11 heteroatoms. The number of likely N-dealkylation sites (N-methyl/N-ethyl adjacent to an activating group) is 1. The molecule has 160 valence electrons. The van der Waals surface area contributed by atoms with Crippen LogP contribution in [0.4, 0.5) is 23.0 Å². The zero-order chi connectivity index (χ0) is 21.7. The Hall–Kier alpha value is -3.44. The van der Waals surface area contributed by atoms with Crippen LogP contribution in [0.25, 0.3) is 0 Å². The number of carbonyl (C=O) groups is 2. The van der Waals surface area contributed by atoms with Gasteiger partial charge in [0, 0.05) is 31.9 Å². The van der Waals surface area contributed by atoms with E-state index in [-0.39, 0.29) is 11.1 Å². The lowest BCUT2D eigenvalue weighted by Crippen LogP contribution is -2.47. The number of benzene rings is 1. The molecule has 2 heterocycles.